The van der Waals surface area contributed by atoms with Crippen molar-refractivity contribution in [2.24, 2.45) is 0 Å². The maximum atomic E-state index is 13.1. The maximum absolute atomic E-state index is 13.1. The molecule has 1 N–H and O–H groups in total. The van der Waals surface area contributed by atoms with Gasteiger partial charge in [-0.05, 0) is 42.0 Å². The van der Waals surface area contributed by atoms with E-state index in [0.717, 1.165) is 17.7 Å². The molecule has 146 valence electrons. The molecule has 0 saturated carbocycles. The Morgan fingerprint density at radius 3 is 2.14 bits per heavy atom. The molecule has 3 nitrogen and oxygen atoms in total. The van der Waals surface area contributed by atoms with Gasteiger partial charge in [0.05, 0.1) is 11.6 Å². The summed E-state index contributed by atoms with van der Waals surface area (Å²) in [4.78, 5) is 14.8. The van der Waals surface area contributed by atoms with E-state index in [4.69, 9.17) is 0 Å². The summed E-state index contributed by atoms with van der Waals surface area (Å²) in [5.74, 6) is -0.303. The molecule has 0 aliphatic carbocycles. The number of para-hydroxylation sites is 1. The number of anilines is 2. The number of nitrogens with zero attached hydrogens (tertiary/aromatic N) is 1. The molecular formula is C23H17F3N2O. The van der Waals surface area contributed by atoms with Gasteiger partial charge in [-0.25, -0.2) is 0 Å². The van der Waals surface area contributed by atoms with Crippen LogP contribution < -0.4 is 10.2 Å². The van der Waals surface area contributed by atoms with Gasteiger partial charge in [-0.3, -0.25) is 9.69 Å². The predicted octanol–water partition coefficient (Wildman–Crippen LogP) is 5.79. The first-order valence-electron chi connectivity index (χ1n) is 9.03. The summed E-state index contributed by atoms with van der Waals surface area (Å²) >= 11 is 0. The Morgan fingerprint density at radius 2 is 1.48 bits per heavy atom. The molecule has 0 bridgehead atoms. The molecule has 3 aromatic rings. The van der Waals surface area contributed by atoms with Crippen molar-refractivity contribution in [2.75, 3.05) is 10.2 Å². The standard InChI is InChI=1S/C23H17F3N2O/c24-23(25,26)17-10-7-11-18(14-17)27-20-15-21(16-8-3-1-4-9-16)28(22(20)29)19-12-5-2-6-13-19/h1-15,21,27H. The molecule has 3 aromatic carbocycles. The number of carbonyl (C=O) groups excluding carboxylic acids is 1. The van der Waals surface area contributed by atoms with E-state index in [0.29, 0.717) is 5.69 Å². The van der Waals surface area contributed by atoms with Crippen LogP contribution in [0.4, 0.5) is 24.5 Å². The lowest BCUT2D eigenvalue weighted by Crippen LogP contribution is -2.30. The second-order valence-electron chi connectivity index (χ2n) is 6.65. The van der Waals surface area contributed by atoms with Crippen molar-refractivity contribution in [2.45, 2.75) is 12.2 Å². The van der Waals surface area contributed by atoms with Crippen LogP contribution in [0.3, 0.4) is 0 Å². The number of rotatable bonds is 4. The Hall–Kier alpha value is -3.54. The second-order valence-corrected chi connectivity index (χ2v) is 6.65. The molecule has 0 saturated heterocycles. The van der Waals surface area contributed by atoms with Crippen LogP contribution in [-0.4, -0.2) is 5.91 Å². The largest absolute Gasteiger partial charge is 0.416 e. The molecule has 1 aliphatic heterocycles. The van der Waals surface area contributed by atoms with Crippen LogP contribution in [-0.2, 0) is 11.0 Å². The minimum absolute atomic E-state index is 0.209. The number of carbonyl (C=O) groups is 1. The lowest BCUT2D eigenvalue weighted by Gasteiger charge is -2.25. The van der Waals surface area contributed by atoms with Gasteiger partial charge >= 0.3 is 6.18 Å². The lowest BCUT2D eigenvalue weighted by molar-refractivity contribution is -0.137. The van der Waals surface area contributed by atoms with Crippen molar-refractivity contribution in [3.8, 4) is 0 Å². The Balaban J connectivity index is 1.70. The molecule has 1 heterocycles. The normalized spacial score (nSPS) is 16.7. The van der Waals surface area contributed by atoms with Gasteiger partial charge in [0.1, 0.15) is 5.70 Å². The molecule has 29 heavy (non-hydrogen) atoms. The average Bonchev–Trinajstić information content (AvgIpc) is 3.05. The van der Waals surface area contributed by atoms with E-state index >= 15 is 0 Å². The summed E-state index contributed by atoms with van der Waals surface area (Å²) in [5.41, 5.74) is 1.30. The van der Waals surface area contributed by atoms with Gasteiger partial charge in [0, 0.05) is 11.4 Å². The Kier molecular flexibility index (Phi) is 4.84. The highest BCUT2D eigenvalue weighted by atomic mass is 19.4. The van der Waals surface area contributed by atoms with Crippen LogP contribution in [0.1, 0.15) is 17.2 Å². The average molecular weight is 394 g/mol. The van der Waals surface area contributed by atoms with Gasteiger partial charge < -0.3 is 5.32 Å². The molecule has 1 atom stereocenters. The number of hydrogen-bond donors (Lipinski definition) is 1. The van der Waals surface area contributed by atoms with E-state index in [2.05, 4.69) is 5.32 Å². The van der Waals surface area contributed by atoms with Crippen LogP contribution >= 0.6 is 0 Å². The third kappa shape index (κ3) is 3.87. The summed E-state index contributed by atoms with van der Waals surface area (Å²) in [6.45, 7) is 0. The van der Waals surface area contributed by atoms with Crippen molar-refractivity contribution in [1.82, 2.24) is 0 Å². The summed E-state index contributed by atoms with van der Waals surface area (Å²) in [6, 6.07) is 23.1. The van der Waals surface area contributed by atoms with E-state index in [9.17, 15) is 18.0 Å². The molecule has 1 aliphatic rings. The first kappa shape index (κ1) is 18.8. The topological polar surface area (TPSA) is 32.3 Å². The lowest BCUT2D eigenvalue weighted by atomic mass is 10.1. The third-order valence-corrected chi connectivity index (χ3v) is 4.70. The molecule has 0 aromatic heterocycles. The molecule has 6 heteroatoms. The summed E-state index contributed by atoms with van der Waals surface area (Å²) in [5, 5.41) is 2.87. The van der Waals surface area contributed by atoms with Crippen molar-refractivity contribution in [3.63, 3.8) is 0 Å². The minimum Gasteiger partial charge on any atom is -0.351 e. The van der Waals surface area contributed by atoms with Gasteiger partial charge in [0.15, 0.2) is 0 Å². The Morgan fingerprint density at radius 1 is 0.828 bits per heavy atom. The van der Waals surface area contributed by atoms with Crippen LogP contribution in [0.25, 0.3) is 0 Å². The molecule has 0 spiro atoms. The van der Waals surface area contributed by atoms with E-state index in [1.165, 1.54) is 12.1 Å². The van der Waals surface area contributed by atoms with E-state index in [1.54, 1.807) is 11.0 Å². The highest BCUT2D eigenvalue weighted by Gasteiger charge is 2.35. The smallest absolute Gasteiger partial charge is 0.351 e. The van der Waals surface area contributed by atoms with Crippen LogP contribution in [0.5, 0.6) is 0 Å². The van der Waals surface area contributed by atoms with Gasteiger partial charge in [-0.1, -0.05) is 54.6 Å². The SMILES string of the molecule is O=C1C(Nc2cccc(C(F)(F)F)c2)=CC(c2ccccc2)N1c1ccccc1. The van der Waals surface area contributed by atoms with Gasteiger partial charge in [0.2, 0.25) is 0 Å². The Labute approximate surface area is 166 Å². The first-order chi connectivity index (χ1) is 13.9. The zero-order chi connectivity index (χ0) is 20.4. The summed E-state index contributed by atoms with van der Waals surface area (Å²) < 4.78 is 39.0. The third-order valence-electron chi connectivity index (χ3n) is 4.70. The molecule has 0 radical (unpaired) electrons. The molecule has 1 unspecified atom stereocenters. The molecule has 0 fully saturated rings. The number of amides is 1. The molecular weight excluding hydrogens is 377 g/mol. The summed E-state index contributed by atoms with van der Waals surface area (Å²) in [7, 11) is 0. The molecule has 4 rings (SSSR count). The maximum Gasteiger partial charge on any atom is 0.416 e. The quantitative estimate of drug-likeness (QED) is 0.608. The predicted molar refractivity (Wildman–Crippen MR) is 106 cm³/mol. The van der Waals surface area contributed by atoms with E-state index in [1.807, 2.05) is 60.7 Å². The Bertz CT molecular complexity index is 1050. The van der Waals surface area contributed by atoms with Gasteiger partial charge in [0.25, 0.3) is 5.91 Å². The second kappa shape index (κ2) is 7.47. The number of nitrogens with one attached hydrogen (secondary N) is 1. The summed E-state index contributed by atoms with van der Waals surface area (Å²) in [6.07, 6.45) is -2.71. The fourth-order valence-corrected chi connectivity index (χ4v) is 3.35. The van der Waals surface area contributed by atoms with Crippen molar-refractivity contribution >= 4 is 17.3 Å². The van der Waals surface area contributed by atoms with Crippen molar-refractivity contribution in [3.05, 3.63) is 108 Å². The highest BCUT2D eigenvalue weighted by molar-refractivity contribution is 6.11. The van der Waals surface area contributed by atoms with Crippen LogP contribution in [0.15, 0.2) is 96.7 Å². The zero-order valence-electron chi connectivity index (χ0n) is 15.2. The monoisotopic (exact) mass is 394 g/mol. The fraction of sp³-hybridized carbons (Fsp3) is 0.0870. The van der Waals surface area contributed by atoms with E-state index in [-0.39, 0.29) is 23.3 Å². The zero-order valence-corrected chi connectivity index (χ0v) is 15.2. The first-order valence-corrected chi connectivity index (χ1v) is 9.03. The van der Waals surface area contributed by atoms with Crippen LogP contribution in [0, 0.1) is 0 Å². The fourth-order valence-electron chi connectivity index (χ4n) is 3.35. The van der Waals surface area contributed by atoms with Gasteiger partial charge in [-0.2, -0.15) is 13.2 Å². The van der Waals surface area contributed by atoms with Gasteiger partial charge in [-0.15, -0.1) is 0 Å². The number of alkyl halides is 3. The molecule has 1 amide bonds. The van der Waals surface area contributed by atoms with E-state index < -0.39 is 11.7 Å². The number of hydrogen-bond acceptors (Lipinski definition) is 2. The van der Waals surface area contributed by atoms with Crippen molar-refractivity contribution in [1.29, 1.82) is 0 Å². The minimum atomic E-state index is -4.45. The van der Waals surface area contributed by atoms with Crippen LogP contribution in [0.2, 0.25) is 0 Å². The number of benzene rings is 3. The number of halogens is 3. The van der Waals surface area contributed by atoms with Crippen molar-refractivity contribution < 1.29 is 18.0 Å². The highest BCUT2D eigenvalue weighted by Crippen LogP contribution is 2.36.